The number of fused-ring (bicyclic) bond motifs is 1. The van der Waals surface area contributed by atoms with E-state index < -0.39 is 29.5 Å². The molecule has 0 spiro atoms. The molecule has 0 radical (unpaired) electrons. The van der Waals surface area contributed by atoms with E-state index in [0.29, 0.717) is 5.69 Å². The number of esters is 1. The maximum Gasteiger partial charge on any atom is 0.329 e. The Morgan fingerprint density at radius 2 is 2.08 bits per heavy atom. The molecule has 2 aromatic rings. The van der Waals surface area contributed by atoms with Crippen LogP contribution in [-0.4, -0.2) is 24.8 Å². The van der Waals surface area contributed by atoms with Gasteiger partial charge in [-0.05, 0) is 23.8 Å². The fraction of sp³-hybridized carbons (Fsp3) is 0.294. The molecule has 25 heavy (non-hydrogen) atoms. The van der Waals surface area contributed by atoms with Gasteiger partial charge in [-0.15, -0.1) is 0 Å². The quantitative estimate of drug-likeness (QED) is 0.667. The van der Waals surface area contributed by atoms with E-state index in [2.05, 4.69) is 0 Å². The van der Waals surface area contributed by atoms with Gasteiger partial charge >= 0.3 is 5.97 Å². The third-order valence-electron chi connectivity index (χ3n) is 4.35. The van der Waals surface area contributed by atoms with Gasteiger partial charge in [0.1, 0.15) is 6.04 Å². The molecule has 1 unspecified atom stereocenters. The largest absolute Gasteiger partial charge is 0.467 e. The van der Waals surface area contributed by atoms with Crippen molar-refractivity contribution in [3.63, 3.8) is 0 Å². The Labute approximate surface area is 147 Å². The molecule has 2 heterocycles. The second-order valence-electron chi connectivity index (χ2n) is 5.70. The predicted octanol–water partition coefficient (Wildman–Crippen LogP) is 2.70. The highest BCUT2D eigenvalue weighted by molar-refractivity contribution is 6.31. The van der Waals surface area contributed by atoms with Crippen molar-refractivity contribution in [2.45, 2.75) is 18.6 Å². The molecule has 2 N–H and O–H groups in total. The molecule has 0 aliphatic carbocycles. The number of halogens is 2. The number of aromatic nitrogens is 1. The summed E-state index contributed by atoms with van der Waals surface area (Å²) in [4.78, 5) is 24.6. The van der Waals surface area contributed by atoms with E-state index in [1.54, 1.807) is 6.07 Å². The third kappa shape index (κ3) is 2.79. The molecular formula is C17H16ClFN2O4. The van der Waals surface area contributed by atoms with E-state index in [1.165, 1.54) is 37.0 Å². The molecule has 0 saturated carbocycles. The lowest BCUT2D eigenvalue weighted by molar-refractivity contribution is -0.144. The molecule has 0 bridgehead atoms. The van der Waals surface area contributed by atoms with Crippen LogP contribution in [0.3, 0.4) is 0 Å². The molecule has 1 aliphatic rings. The summed E-state index contributed by atoms with van der Waals surface area (Å²) < 4.78 is 25.9. The number of nitrogens with two attached hydrogens (primary N) is 1. The Morgan fingerprint density at radius 3 is 2.72 bits per heavy atom. The van der Waals surface area contributed by atoms with Crippen LogP contribution in [0.25, 0.3) is 11.1 Å². The minimum Gasteiger partial charge on any atom is -0.467 e. The molecule has 6 nitrogen and oxygen atoms in total. The average Bonchev–Trinajstić information content (AvgIpc) is 2.97. The van der Waals surface area contributed by atoms with Gasteiger partial charge in [0.15, 0.2) is 5.82 Å². The summed E-state index contributed by atoms with van der Waals surface area (Å²) >= 11 is 5.83. The van der Waals surface area contributed by atoms with Gasteiger partial charge in [0, 0.05) is 30.8 Å². The Kier molecular flexibility index (Phi) is 4.53. The summed E-state index contributed by atoms with van der Waals surface area (Å²) in [6.07, 6.45) is -0.240. The number of benzene rings is 1. The van der Waals surface area contributed by atoms with Crippen molar-refractivity contribution in [3.8, 4) is 11.1 Å². The summed E-state index contributed by atoms with van der Waals surface area (Å²) in [5.74, 6) is -1.24. The average molecular weight is 367 g/mol. The lowest BCUT2D eigenvalue weighted by Crippen LogP contribution is -2.28. The van der Waals surface area contributed by atoms with Crippen molar-refractivity contribution in [1.82, 2.24) is 4.57 Å². The van der Waals surface area contributed by atoms with E-state index in [0.717, 1.165) is 0 Å². The standard InChI is InChI=1S/C17H16ClFN2O4/c1-24-13-7-12(17(23)25-2)21-11(13)5-8(6-14(21)22)15-10(20)4-3-9(18)16(15)19/h3-6,12-13H,7,20H2,1-2H3/t12-,13?/m0/s1. The Bertz CT molecular complexity index is 912. The Hall–Kier alpha value is -2.38. The van der Waals surface area contributed by atoms with Crippen LogP contribution >= 0.6 is 11.6 Å². The molecule has 1 aromatic heterocycles. The second kappa shape index (κ2) is 6.50. The molecule has 2 atom stereocenters. The number of pyridine rings is 1. The lowest BCUT2D eigenvalue weighted by Gasteiger charge is -2.14. The second-order valence-corrected chi connectivity index (χ2v) is 6.11. The summed E-state index contributed by atoms with van der Waals surface area (Å²) in [5.41, 5.74) is 6.34. The highest BCUT2D eigenvalue weighted by Crippen LogP contribution is 2.39. The highest BCUT2D eigenvalue weighted by atomic mass is 35.5. The number of anilines is 1. The van der Waals surface area contributed by atoms with E-state index in [1.807, 2.05) is 0 Å². The first-order valence-corrected chi connectivity index (χ1v) is 7.87. The van der Waals surface area contributed by atoms with Gasteiger partial charge in [-0.25, -0.2) is 9.18 Å². The molecule has 0 saturated heterocycles. The first kappa shape index (κ1) is 17.4. The zero-order chi connectivity index (χ0) is 18.3. The maximum absolute atomic E-state index is 14.4. The normalized spacial score (nSPS) is 18.9. The van der Waals surface area contributed by atoms with Gasteiger partial charge in [0.25, 0.3) is 5.56 Å². The summed E-state index contributed by atoms with van der Waals surface area (Å²) in [6.45, 7) is 0. The van der Waals surface area contributed by atoms with Crippen LogP contribution in [0.15, 0.2) is 29.1 Å². The van der Waals surface area contributed by atoms with Gasteiger partial charge in [0.05, 0.1) is 23.9 Å². The molecule has 1 aliphatic heterocycles. The fourth-order valence-electron chi connectivity index (χ4n) is 3.17. The van der Waals surface area contributed by atoms with Gasteiger partial charge < -0.3 is 15.2 Å². The monoisotopic (exact) mass is 366 g/mol. The van der Waals surface area contributed by atoms with Crippen molar-refractivity contribution in [2.75, 3.05) is 20.0 Å². The first-order chi connectivity index (χ1) is 11.9. The van der Waals surface area contributed by atoms with Crippen molar-refractivity contribution in [2.24, 2.45) is 0 Å². The maximum atomic E-state index is 14.4. The Balaban J connectivity index is 2.23. The number of ether oxygens (including phenoxy) is 2. The number of rotatable bonds is 3. The van der Waals surface area contributed by atoms with Crippen molar-refractivity contribution in [3.05, 3.63) is 51.2 Å². The van der Waals surface area contributed by atoms with Crippen LogP contribution < -0.4 is 11.3 Å². The molecule has 1 aromatic carbocycles. The number of hydrogen-bond acceptors (Lipinski definition) is 5. The van der Waals surface area contributed by atoms with E-state index in [4.69, 9.17) is 26.8 Å². The molecule has 8 heteroatoms. The van der Waals surface area contributed by atoms with Gasteiger partial charge in [0.2, 0.25) is 0 Å². The van der Waals surface area contributed by atoms with Crippen molar-refractivity contribution < 1.29 is 18.7 Å². The number of methoxy groups -OCH3 is 2. The number of carbonyl (C=O) groups excluding carboxylic acids is 1. The molecule has 132 valence electrons. The number of hydrogen-bond donors (Lipinski definition) is 1. The zero-order valence-electron chi connectivity index (χ0n) is 13.6. The Morgan fingerprint density at radius 1 is 1.36 bits per heavy atom. The first-order valence-electron chi connectivity index (χ1n) is 7.50. The van der Waals surface area contributed by atoms with Crippen LogP contribution in [0.2, 0.25) is 5.02 Å². The fourth-order valence-corrected chi connectivity index (χ4v) is 3.33. The van der Waals surface area contributed by atoms with Crippen LogP contribution in [0.4, 0.5) is 10.1 Å². The van der Waals surface area contributed by atoms with E-state index in [9.17, 15) is 14.0 Å². The molecular weight excluding hydrogens is 351 g/mol. The topological polar surface area (TPSA) is 83.6 Å². The van der Waals surface area contributed by atoms with Crippen LogP contribution in [0, 0.1) is 5.82 Å². The summed E-state index contributed by atoms with van der Waals surface area (Å²) in [7, 11) is 2.73. The molecule has 0 amide bonds. The minimum atomic E-state index is -0.784. The lowest BCUT2D eigenvalue weighted by atomic mass is 10.0. The zero-order valence-corrected chi connectivity index (χ0v) is 14.3. The highest BCUT2D eigenvalue weighted by Gasteiger charge is 2.37. The van der Waals surface area contributed by atoms with Gasteiger partial charge in [-0.3, -0.25) is 9.36 Å². The number of carbonyl (C=O) groups is 1. The number of nitrogens with zero attached hydrogens (tertiary/aromatic N) is 1. The molecule has 0 fully saturated rings. The third-order valence-corrected chi connectivity index (χ3v) is 4.64. The predicted molar refractivity (Wildman–Crippen MR) is 90.9 cm³/mol. The van der Waals surface area contributed by atoms with Crippen LogP contribution in [0.5, 0.6) is 0 Å². The molecule has 3 rings (SSSR count). The summed E-state index contributed by atoms with van der Waals surface area (Å²) in [5, 5.41) is -0.0967. The summed E-state index contributed by atoms with van der Waals surface area (Å²) in [6, 6.07) is 4.84. The van der Waals surface area contributed by atoms with Crippen LogP contribution in [-0.2, 0) is 14.3 Å². The van der Waals surface area contributed by atoms with E-state index >= 15 is 0 Å². The van der Waals surface area contributed by atoms with Crippen molar-refractivity contribution in [1.29, 1.82) is 0 Å². The van der Waals surface area contributed by atoms with Crippen LogP contribution in [0.1, 0.15) is 24.3 Å². The smallest absolute Gasteiger partial charge is 0.329 e. The van der Waals surface area contributed by atoms with Crippen molar-refractivity contribution >= 4 is 23.3 Å². The van der Waals surface area contributed by atoms with E-state index in [-0.39, 0.29) is 28.3 Å². The minimum absolute atomic E-state index is 0.0457. The SMILES string of the molecule is COC(=O)[C@@H]1CC(OC)c2cc(-c3c(N)ccc(Cl)c3F)cc(=O)n21. The van der Waals surface area contributed by atoms with Gasteiger partial charge in [-0.1, -0.05) is 11.6 Å². The van der Waals surface area contributed by atoms with Gasteiger partial charge in [-0.2, -0.15) is 0 Å². The number of nitrogen functional groups attached to an aromatic ring is 1.